The zero-order valence-corrected chi connectivity index (χ0v) is 10.8. The van der Waals surface area contributed by atoms with E-state index in [9.17, 15) is 0 Å². The molecule has 2 N–H and O–H groups in total. The molecule has 0 aliphatic rings. The second-order valence-corrected chi connectivity index (χ2v) is 5.43. The molecular formula is C12H22N2S. The molecule has 2 nitrogen and oxygen atoms in total. The normalized spacial score (nSPS) is 13.4. The van der Waals surface area contributed by atoms with Crippen molar-refractivity contribution in [3.8, 4) is 0 Å². The van der Waals surface area contributed by atoms with Crippen molar-refractivity contribution in [1.82, 2.24) is 4.98 Å². The van der Waals surface area contributed by atoms with Gasteiger partial charge in [0.2, 0.25) is 0 Å². The molecule has 0 radical (unpaired) electrons. The molecule has 1 rings (SSSR count). The molecule has 0 spiro atoms. The smallest absolute Gasteiger partial charge is 0.0930 e. The summed E-state index contributed by atoms with van der Waals surface area (Å²) in [5.74, 6) is 1.15. The van der Waals surface area contributed by atoms with Crippen LogP contribution in [-0.4, -0.2) is 11.5 Å². The average Bonchev–Trinajstić information content (AvgIpc) is 2.61. The standard InChI is InChI=1S/C12H22N2S/c1-4-5-10(7-13)11-8-15-12(14-11)6-9(2)3/h8-10H,4-7,13H2,1-3H3. The molecule has 0 saturated heterocycles. The van der Waals surface area contributed by atoms with Gasteiger partial charge in [-0.3, -0.25) is 0 Å². The second-order valence-electron chi connectivity index (χ2n) is 4.49. The molecule has 0 aliphatic carbocycles. The quantitative estimate of drug-likeness (QED) is 0.809. The van der Waals surface area contributed by atoms with Crippen LogP contribution in [-0.2, 0) is 6.42 Å². The predicted octanol–water partition coefficient (Wildman–Crippen LogP) is 3.18. The third-order valence-corrected chi connectivity index (χ3v) is 3.38. The van der Waals surface area contributed by atoms with E-state index < -0.39 is 0 Å². The number of hydrogen-bond donors (Lipinski definition) is 1. The van der Waals surface area contributed by atoms with E-state index in [1.54, 1.807) is 11.3 Å². The highest BCUT2D eigenvalue weighted by Crippen LogP contribution is 2.23. The summed E-state index contributed by atoms with van der Waals surface area (Å²) in [6.45, 7) is 7.38. The maximum absolute atomic E-state index is 5.77. The van der Waals surface area contributed by atoms with Crippen LogP contribution in [0.15, 0.2) is 5.38 Å². The minimum Gasteiger partial charge on any atom is -0.330 e. The van der Waals surface area contributed by atoms with Crippen molar-refractivity contribution in [3.63, 3.8) is 0 Å². The first-order valence-electron chi connectivity index (χ1n) is 5.81. The van der Waals surface area contributed by atoms with Gasteiger partial charge in [-0.05, 0) is 12.3 Å². The Labute approximate surface area is 96.9 Å². The fraction of sp³-hybridized carbons (Fsp3) is 0.750. The summed E-state index contributed by atoms with van der Waals surface area (Å²) in [7, 11) is 0. The summed E-state index contributed by atoms with van der Waals surface area (Å²) in [6, 6.07) is 0. The molecule has 0 aromatic carbocycles. The van der Waals surface area contributed by atoms with Crippen LogP contribution in [0.5, 0.6) is 0 Å². The molecule has 0 aliphatic heterocycles. The van der Waals surface area contributed by atoms with E-state index in [0.29, 0.717) is 11.8 Å². The molecule has 0 bridgehead atoms. The first-order chi connectivity index (χ1) is 7.17. The van der Waals surface area contributed by atoms with Crippen LogP contribution < -0.4 is 5.73 Å². The van der Waals surface area contributed by atoms with Crippen molar-refractivity contribution in [2.24, 2.45) is 11.7 Å². The summed E-state index contributed by atoms with van der Waals surface area (Å²) in [5, 5.41) is 3.44. The highest BCUT2D eigenvalue weighted by Gasteiger charge is 2.13. The van der Waals surface area contributed by atoms with Gasteiger partial charge in [0.05, 0.1) is 10.7 Å². The predicted molar refractivity (Wildman–Crippen MR) is 67.4 cm³/mol. The van der Waals surface area contributed by atoms with E-state index in [0.717, 1.165) is 19.4 Å². The first-order valence-corrected chi connectivity index (χ1v) is 6.69. The highest BCUT2D eigenvalue weighted by atomic mass is 32.1. The molecule has 3 heteroatoms. The fourth-order valence-corrected chi connectivity index (χ4v) is 2.78. The number of hydrogen-bond acceptors (Lipinski definition) is 3. The van der Waals surface area contributed by atoms with Gasteiger partial charge in [0.25, 0.3) is 0 Å². The Morgan fingerprint density at radius 1 is 1.47 bits per heavy atom. The van der Waals surface area contributed by atoms with Crippen LogP contribution in [0.1, 0.15) is 50.2 Å². The monoisotopic (exact) mass is 226 g/mol. The van der Waals surface area contributed by atoms with Crippen LogP contribution in [0.3, 0.4) is 0 Å². The van der Waals surface area contributed by atoms with Gasteiger partial charge in [-0.15, -0.1) is 11.3 Å². The zero-order chi connectivity index (χ0) is 11.3. The lowest BCUT2D eigenvalue weighted by Gasteiger charge is -2.09. The Hall–Kier alpha value is -0.410. The van der Waals surface area contributed by atoms with Gasteiger partial charge in [-0.25, -0.2) is 4.98 Å². The maximum Gasteiger partial charge on any atom is 0.0930 e. The topological polar surface area (TPSA) is 38.9 Å². The minimum atomic E-state index is 0.465. The molecule has 0 saturated carbocycles. The van der Waals surface area contributed by atoms with E-state index in [1.807, 2.05) is 0 Å². The van der Waals surface area contributed by atoms with Crippen molar-refractivity contribution >= 4 is 11.3 Å². The molecule has 0 amide bonds. The van der Waals surface area contributed by atoms with Crippen molar-refractivity contribution < 1.29 is 0 Å². The molecule has 1 aromatic rings. The van der Waals surface area contributed by atoms with Crippen LogP contribution >= 0.6 is 11.3 Å². The van der Waals surface area contributed by atoms with Crippen molar-refractivity contribution in [2.75, 3.05) is 6.54 Å². The van der Waals surface area contributed by atoms with Gasteiger partial charge in [0, 0.05) is 24.3 Å². The molecule has 1 unspecified atom stereocenters. The van der Waals surface area contributed by atoms with E-state index in [1.165, 1.54) is 17.1 Å². The summed E-state index contributed by atoms with van der Waals surface area (Å²) in [4.78, 5) is 4.68. The highest BCUT2D eigenvalue weighted by molar-refractivity contribution is 7.09. The molecule has 0 fully saturated rings. The maximum atomic E-state index is 5.77. The van der Waals surface area contributed by atoms with Crippen LogP contribution in [0.25, 0.3) is 0 Å². The summed E-state index contributed by atoms with van der Waals surface area (Å²) >= 11 is 1.78. The van der Waals surface area contributed by atoms with Crippen molar-refractivity contribution in [1.29, 1.82) is 0 Å². The number of thiazole rings is 1. The lowest BCUT2D eigenvalue weighted by Crippen LogP contribution is -2.12. The lowest BCUT2D eigenvalue weighted by atomic mass is 10.0. The Balaban J connectivity index is 2.64. The summed E-state index contributed by atoms with van der Waals surface area (Å²) < 4.78 is 0. The van der Waals surface area contributed by atoms with Gasteiger partial charge < -0.3 is 5.73 Å². The third-order valence-electron chi connectivity index (χ3n) is 2.49. The van der Waals surface area contributed by atoms with Gasteiger partial charge in [0.1, 0.15) is 0 Å². The molecule has 15 heavy (non-hydrogen) atoms. The van der Waals surface area contributed by atoms with Crippen LogP contribution in [0.2, 0.25) is 0 Å². The van der Waals surface area contributed by atoms with Crippen LogP contribution in [0, 0.1) is 5.92 Å². The Morgan fingerprint density at radius 3 is 2.73 bits per heavy atom. The Bertz CT molecular complexity index is 281. The average molecular weight is 226 g/mol. The van der Waals surface area contributed by atoms with Crippen LogP contribution in [0.4, 0.5) is 0 Å². The Kier molecular flexibility index (Phi) is 5.26. The molecule has 1 heterocycles. The summed E-state index contributed by atoms with van der Waals surface area (Å²) in [5.41, 5.74) is 6.97. The Morgan fingerprint density at radius 2 is 2.20 bits per heavy atom. The van der Waals surface area contributed by atoms with Gasteiger partial charge in [0.15, 0.2) is 0 Å². The largest absolute Gasteiger partial charge is 0.330 e. The minimum absolute atomic E-state index is 0.465. The molecule has 1 atom stereocenters. The first kappa shape index (κ1) is 12.7. The van der Waals surface area contributed by atoms with E-state index in [2.05, 4.69) is 31.1 Å². The third kappa shape index (κ3) is 3.92. The lowest BCUT2D eigenvalue weighted by molar-refractivity contribution is 0.601. The molecule has 1 aromatic heterocycles. The number of rotatable bonds is 6. The van der Waals surface area contributed by atoms with E-state index >= 15 is 0 Å². The summed E-state index contributed by atoms with van der Waals surface area (Å²) in [6.07, 6.45) is 3.42. The van der Waals surface area contributed by atoms with Gasteiger partial charge >= 0.3 is 0 Å². The number of nitrogens with two attached hydrogens (primary N) is 1. The second kappa shape index (κ2) is 6.23. The van der Waals surface area contributed by atoms with E-state index in [4.69, 9.17) is 5.73 Å². The van der Waals surface area contributed by atoms with Crippen molar-refractivity contribution in [3.05, 3.63) is 16.1 Å². The number of aromatic nitrogens is 1. The molecule has 86 valence electrons. The SMILES string of the molecule is CCCC(CN)c1csc(CC(C)C)n1. The fourth-order valence-electron chi connectivity index (χ4n) is 1.69. The van der Waals surface area contributed by atoms with Gasteiger partial charge in [-0.1, -0.05) is 27.2 Å². The zero-order valence-electron chi connectivity index (χ0n) is 9.99. The van der Waals surface area contributed by atoms with Gasteiger partial charge in [-0.2, -0.15) is 0 Å². The van der Waals surface area contributed by atoms with E-state index in [-0.39, 0.29) is 0 Å². The molecular weight excluding hydrogens is 204 g/mol. The van der Waals surface area contributed by atoms with Crippen molar-refractivity contribution in [2.45, 2.75) is 46.0 Å². The number of nitrogens with zero attached hydrogens (tertiary/aromatic N) is 1.